The van der Waals surface area contributed by atoms with Crippen molar-refractivity contribution in [3.8, 4) is 0 Å². The van der Waals surface area contributed by atoms with Crippen LogP contribution in [-0.4, -0.2) is 27.5 Å². The summed E-state index contributed by atoms with van der Waals surface area (Å²) in [6, 6.07) is 11.1. The molecule has 0 saturated heterocycles. The average Bonchev–Trinajstić information content (AvgIpc) is 3.38. The molecule has 2 N–H and O–H groups in total. The molecule has 2 amide bonds. The largest absolute Gasteiger partial charge is 0.455 e. The van der Waals surface area contributed by atoms with Crippen LogP contribution in [0, 0.1) is 6.92 Å². The summed E-state index contributed by atoms with van der Waals surface area (Å²) in [6.07, 6.45) is 5.29. The maximum absolute atomic E-state index is 12.9. The predicted molar refractivity (Wildman–Crippen MR) is 122 cm³/mol. The minimum Gasteiger partial charge on any atom is -0.455 e. The molecule has 3 heterocycles. The first-order chi connectivity index (χ1) is 15.6. The summed E-state index contributed by atoms with van der Waals surface area (Å²) in [5, 5.41) is 7.69. The molecule has 0 fully saturated rings. The third-order valence-corrected chi connectivity index (χ3v) is 6.21. The number of rotatable bonds is 4. The van der Waals surface area contributed by atoms with Crippen LogP contribution >= 0.6 is 11.3 Å². The molecule has 0 spiro atoms. The van der Waals surface area contributed by atoms with E-state index >= 15 is 0 Å². The van der Waals surface area contributed by atoms with Crippen LogP contribution in [0.5, 0.6) is 0 Å². The molecule has 0 bridgehead atoms. The third-order valence-electron chi connectivity index (χ3n) is 5.26. The zero-order valence-electron chi connectivity index (χ0n) is 17.2. The Bertz CT molecular complexity index is 1320. The Kier molecular flexibility index (Phi) is 5.24. The molecule has 1 aliphatic carbocycles. The van der Waals surface area contributed by atoms with Gasteiger partial charge in [-0.05, 0) is 44.0 Å². The molecule has 5 rings (SSSR count). The molecule has 0 atom stereocenters. The van der Waals surface area contributed by atoms with Gasteiger partial charge < -0.3 is 4.42 Å². The fraction of sp³-hybridized carbons (Fsp3) is 0.174. The molecule has 4 aromatic rings. The standard InChI is InChI=1S/C23H19N5O3S/c1-13-19-16(27-28-21(29)14-6-5-11-24-12-14)8-4-9-17(19)31-20(13)22(30)26-23-25-15-7-2-3-10-18(15)32-23/h2-3,5-7,10-12H,4,8-9H2,1H3,(H,28,29)(H,25,26,30)/b27-16+. The molecule has 3 aromatic heterocycles. The minimum absolute atomic E-state index is 0.238. The van der Waals surface area contributed by atoms with Gasteiger partial charge in [0.05, 0.1) is 21.5 Å². The van der Waals surface area contributed by atoms with Gasteiger partial charge in [-0.25, -0.2) is 10.4 Å². The van der Waals surface area contributed by atoms with Gasteiger partial charge >= 0.3 is 0 Å². The Morgan fingerprint density at radius 2 is 2.00 bits per heavy atom. The number of hydrogen-bond acceptors (Lipinski definition) is 7. The highest BCUT2D eigenvalue weighted by Gasteiger charge is 2.28. The number of amides is 2. The molecule has 160 valence electrons. The van der Waals surface area contributed by atoms with Crippen molar-refractivity contribution in [2.24, 2.45) is 5.10 Å². The van der Waals surface area contributed by atoms with Crippen LogP contribution in [0.2, 0.25) is 0 Å². The minimum atomic E-state index is -0.352. The SMILES string of the molecule is Cc1c(C(=O)Nc2nc3ccccc3s2)oc2c1/C(=N/NC(=O)c1cccnc1)CCC2. The second kappa shape index (κ2) is 8.35. The Hall–Kier alpha value is -3.85. The number of pyridine rings is 1. The number of carbonyl (C=O) groups is 2. The van der Waals surface area contributed by atoms with Crippen molar-refractivity contribution in [2.45, 2.75) is 26.2 Å². The van der Waals surface area contributed by atoms with Gasteiger partial charge in [0.1, 0.15) is 5.76 Å². The first-order valence-electron chi connectivity index (χ1n) is 10.2. The molecular formula is C23H19N5O3S. The van der Waals surface area contributed by atoms with Crippen molar-refractivity contribution < 1.29 is 14.0 Å². The molecule has 1 aliphatic rings. The number of aryl methyl sites for hydroxylation is 1. The zero-order chi connectivity index (χ0) is 22.1. The van der Waals surface area contributed by atoms with E-state index < -0.39 is 0 Å². The molecule has 0 radical (unpaired) electrons. The molecule has 0 saturated carbocycles. The number of thiazole rings is 1. The summed E-state index contributed by atoms with van der Waals surface area (Å²) in [6.45, 7) is 1.83. The smallest absolute Gasteiger partial charge is 0.293 e. The van der Waals surface area contributed by atoms with Crippen LogP contribution in [0.1, 0.15) is 50.6 Å². The monoisotopic (exact) mass is 445 g/mol. The summed E-state index contributed by atoms with van der Waals surface area (Å²) < 4.78 is 6.93. The Morgan fingerprint density at radius 3 is 2.81 bits per heavy atom. The number of aromatic nitrogens is 2. The third kappa shape index (κ3) is 3.78. The van der Waals surface area contributed by atoms with E-state index in [9.17, 15) is 9.59 Å². The molecular weight excluding hydrogens is 426 g/mol. The van der Waals surface area contributed by atoms with Gasteiger partial charge in [-0.15, -0.1) is 0 Å². The lowest BCUT2D eigenvalue weighted by Gasteiger charge is -2.13. The van der Waals surface area contributed by atoms with Crippen molar-refractivity contribution >= 4 is 44.2 Å². The van der Waals surface area contributed by atoms with Crippen LogP contribution in [-0.2, 0) is 6.42 Å². The van der Waals surface area contributed by atoms with E-state index in [4.69, 9.17) is 4.42 Å². The summed E-state index contributed by atoms with van der Waals surface area (Å²) >= 11 is 1.41. The maximum atomic E-state index is 12.9. The fourth-order valence-corrected chi connectivity index (χ4v) is 4.62. The molecule has 1 aromatic carbocycles. The average molecular weight is 446 g/mol. The number of hydrogen-bond donors (Lipinski definition) is 2. The van der Waals surface area contributed by atoms with Crippen LogP contribution in [0.15, 0.2) is 58.3 Å². The van der Waals surface area contributed by atoms with Gasteiger partial charge in [-0.1, -0.05) is 23.5 Å². The van der Waals surface area contributed by atoms with Crippen LogP contribution < -0.4 is 10.7 Å². The molecule has 9 heteroatoms. The van der Waals surface area contributed by atoms with E-state index in [1.807, 2.05) is 31.2 Å². The summed E-state index contributed by atoms with van der Waals surface area (Å²) in [7, 11) is 0. The van der Waals surface area contributed by atoms with Gasteiger partial charge in [-0.3, -0.25) is 19.9 Å². The Labute approximate surface area is 187 Å². The topological polar surface area (TPSA) is 109 Å². The number of benzene rings is 1. The van der Waals surface area contributed by atoms with Crippen molar-refractivity contribution in [2.75, 3.05) is 5.32 Å². The first-order valence-corrected chi connectivity index (χ1v) is 11.0. The second-order valence-corrected chi connectivity index (χ2v) is 8.42. The predicted octanol–water partition coefficient (Wildman–Crippen LogP) is 4.32. The number of carbonyl (C=O) groups excluding carboxylic acids is 2. The van der Waals surface area contributed by atoms with Crippen molar-refractivity contribution in [3.63, 3.8) is 0 Å². The highest BCUT2D eigenvalue weighted by molar-refractivity contribution is 7.22. The lowest BCUT2D eigenvalue weighted by Crippen LogP contribution is -2.22. The van der Waals surface area contributed by atoms with Crippen LogP contribution in [0.25, 0.3) is 10.2 Å². The fourth-order valence-electron chi connectivity index (χ4n) is 3.76. The van der Waals surface area contributed by atoms with Crippen LogP contribution in [0.4, 0.5) is 5.13 Å². The highest BCUT2D eigenvalue weighted by atomic mass is 32.1. The summed E-state index contributed by atoms with van der Waals surface area (Å²) in [4.78, 5) is 33.7. The van der Waals surface area contributed by atoms with Crippen molar-refractivity contribution in [3.05, 3.63) is 77.0 Å². The lowest BCUT2D eigenvalue weighted by molar-refractivity contribution is 0.0953. The molecule has 32 heavy (non-hydrogen) atoms. The number of nitrogens with zero attached hydrogens (tertiary/aromatic N) is 3. The number of furan rings is 1. The molecule has 0 unspecified atom stereocenters. The van der Waals surface area contributed by atoms with Gasteiger partial charge in [0.15, 0.2) is 10.9 Å². The van der Waals surface area contributed by atoms with Gasteiger partial charge in [0.25, 0.3) is 11.8 Å². The van der Waals surface area contributed by atoms with Crippen molar-refractivity contribution in [1.82, 2.24) is 15.4 Å². The normalized spacial score (nSPS) is 14.3. The number of fused-ring (bicyclic) bond motifs is 2. The first kappa shape index (κ1) is 20.1. The number of para-hydroxylation sites is 1. The van der Waals surface area contributed by atoms with E-state index in [1.165, 1.54) is 17.5 Å². The Balaban J connectivity index is 1.39. The highest BCUT2D eigenvalue weighted by Crippen LogP contribution is 2.31. The van der Waals surface area contributed by atoms with E-state index in [0.717, 1.165) is 22.2 Å². The van der Waals surface area contributed by atoms with E-state index in [-0.39, 0.29) is 17.6 Å². The van der Waals surface area contributed by atoms with Crippen LogP contribution in [0.3, 0.4) is 0 Å². The lowest BCUT2D eigenvalue weighted by atomic mass is 9.93. The van der Waals surface area contributed by atoms with Gasteiger partial charge in [-0.2, -0.15) is 5.10 Å². The summed E-state index contributed by atoms with van der Waals surface area (Å²) in [5.41, 5.74) is 6.04. The number of anilines is 1. The van der Waals surface area contributed by atoms with E-state index in [2.05, 4.69) is 25.8 Å². The quantitative estimate of drug-likeness (QED) is 0.455. The second-order valence-electron chi connectivity index (χ2n) is 7.39. The van der Waals surface area contributed by atoms with E-state index in [1.54, 1.807) is 18.3 Å². The van der Waals surface area contributed by atoms with Gasteiger partial charge in [0, 0.05) is 29.9 Å². The maximum Gasteiger partial charge on any atom is 0.293 e. The number of nitrogens with one attached hydrogen (secondary N) is 2. The molecule has 8 nitrogen and oxygen atoms in total. The van der Waals surface area contributed by atoms with E-state index in [0.29, 0.717) is 40.6 Å². The number of hydrazone groups is 1. The zero-order valence-corrected chi connectivity index (χ0v) is 18.0. The Morgan fingerprint density at radius 1 is 1.12 bits per heavy atom. The summed E-state index contributed by atoms with van der Waals surface area (Å²) in [5.74, 6) is 0.252. The van der Waals surface area contributed by atoms with Crippen molar-refractivity contribution in [1.29, 1.82) is 0 Å². The van der Waals surface area contributed by atoms with Gasteiger partial charge in [0.2, 0.25) is 0 Å². The molecule has 0 aliphatic heterocycles.